The number of carboxylic acid groups (broad SMARTS) is 1. The van der Waals surface area contributed by atoms with E-state index in [2.05, 4.69) is 15.9 Å². The number of aromatic carboxylic acids is 1. The lowest BCUT2D eigenvalue weighted by Crippen LogP contribution is -2.26. The Hall–Kier alpha value is -2.34. The van der Waals surface area contributed by atoms with Gasteiger partial charge in [0.05, 0.1) is 11.1 Å². The smallest absolute Gasteiger partial charge is 0.335 e. The number of hydrogen-bond acceptors (Lipinski definition) is 3. The summed E-state index contributed by atoms with van der Waals surface area (Å²) in [5.41, 5.74) is 0.849. The minimum absolute atomic E-state index is 0.122. The number of amides is 1. The van der Waals surface area contributed by atoms with Crippen LogP contribution in [-0.4, -0.2) is 29.1 Å². The standard InChI is InChI=1S/C15H12BrNO4/c1-17(11-5-2-9(3-6-11)15(20)21)14(19)12-7-4-10(16)8-13(12)18/h2-8,18H,1H3,(H,20,21). The van der Waals surface area contributed by atoms with E-state index >= 15 is 0 Å². The molecule has 0 aliphatic rings. The predicted molar refractivity (Wildman–Crippen MR) is 81.9 cm³/mol. The Morgan fingerprint density at radius 2 is 1.71 bits per heavy atom. The molecule has 0 saturated heterocycles. The third-order valence-corrected chi connectivity index (χ3v) is 3.49. The summed E-state index contributed by atoms with van der Waals surface area (Å²) in [6, 6.07) is 10.5. The van der Waals surface area contributed by atoms with E-state index in [1.807, 2.05) is 0 Å². The van der Waals surface area contributed by atoms with Gasteiger partial charge in [0.15, 0.2) is 0 Å². The second kappa shape index (κ2) is 5.97. The molecule has 108 valence electrons. The Balaban J connectivity index is 2.28. The average molecular weight is 350 g/mol. The highest BCUT2D eigenvalue weighted by atomic mass is 79.9. The summed E-state index contributed by atoms with van der Waals surface area (Å²) >= 11 is 3.21. The summed E-state index contributed by atoms with van der Waals surface area (Å²) in [5.74, 6) is -1.53. The number of carboxylic acids is 1. The minimum atomic E-state index is -1.03. The van der Waals surface area contributed by atoms with Gasteiger partial charge in [0.1, 0.15) is 5.75 Å². The molecule has 0 aliphatic heterocycles. The van der Waals surface area contributed by atoms with E-state index < -0.39 is 5.97 Å². The van der Waals surface area contributed by atoms with Gasteiger partial charge < -0.3 is 15.1 Å². The quantitative estimate of drug-likeness (QED) is 0.892. The number of aromatic hydroxyl groups is 1. The van der Waals surface area contributed by atoms with E-state index in [4.69, 9.17) is 5.11 Å². The summed E-state index contributed by atoms with van der Waals surface area (Å²) in [7, 11) is 1.56. The van der Waals surface area contributed by atoms with Crippen molar-refractivity contribution in [2.45, 2.75) is 0 Å². The second-order valence-electron chi connectivity index (χ2n) is 4.38. The van der Waals surface area contributed by atoms with E-state index in [1.165, 1.54) is 41.3 Å². The molecule has 21 heavy (non-hydrogen) atoms. The molecule has 6 heteroatoms. The third kappa shape index (κ3) is 3.22. The fraction of sp³-hybridized carbons (Fsp3) is 0.0667. The first-order valence-electron chi connectivity index (χ1n) is 6.00. The Labute approximate surface area is 129 Å². The maximum atomic E-state index is 12.3. The largest absolute Gasteiger partial charge is 0.507 e. The van der Waals surface area contributed by atoms with Crippen LogP contribution >= 0.6 is 15.9 Å². The van der Waals surface area contributed by atoms with Crippen molar-refractivity contribution in [2.24, 2.45) is 0 Å². The van der Waals surface area contributed by atoms with Gasteiger partial charge in [0.2, 0.25) is 0 Å². The van der Waals surface area contributed by atoms with Gasteiger partial charge in [-0.3, -0.25) is 4.79 Å². The molecule has 5 nitrogen and oxygen atoms in total. The number of phenolic OH excluding ortho intramolecular Hbond substituents is 1. The van der Waals surface area contributed by atoms with Crippen LogP contribution in [0, 0.1) is 0 Å². The number of nitrogens with zero attached hydrogens (tertiary/aromatic N) is 1. The predicted octanol–water partition coefficient (Wildman–Crippen LogP) is 3.13. The molecule has 2 aromatic rings. The second-order valence-corrected chi connectivity index (χ2v) is 5.29. The number of halogens is 1. The van der Waals surface area contributed by atoms with Crippen LogP contribution in [0.4, 0.5) is 5.69 Å². The van der Waals surface area contributed by atoms with E-state index in [1.54, 1.807) is 13.1 Å². The van der Waals surface area contributed by atoms with Crippen molar-refractivity contribution in [1.29, 1.82) is 0 Å². The molecule has 0 bridgehead atoms. The van der Waals surface area contributed by atoms with Crippen LogP contribution in [0.2, 0.25) is 0 Å². The summed E-state index contributed by atoms with van der Waals surface area (Å²) in [5, 5.41) is 18.7. The third-order valence-electron chi connectivity index (χ3n) is 3.00. The van der Waals surface area contributed by atoms with Gasteiger partial charge in [-0.05, 0) is 42.5 Å². The zero-order valence-corrected chi connectivity index (χ0v) is 12.7. The van der Waals surface area contributed by atoms with E-state index in [-0.39, 0.29) is 22.8 Å². The number of phenols is 1. The molecule has 0 aromatic heterocycles. The molecule has 0 spiro atoms. The van der Waals surface area contributed by atoms with Gasteiger partial charge in [0, 0.05) is 17.2 Å². The van der Waals surface area contributed by atoms with Crippen LogP contribution < -0.4 is 4.90 Å². The van der Waals surface area contributed by atoms with Crippen LogP contribution in [-0.2, 0) is 0 Å². The number of carbonyl (C=O) groups is 2. The first-order valence-corrected chi connectivity index (χ1v) is 6.79. The number of benzene rings is 2. The van der Waals surface area contributed by atoms with Crippen LogP contribution in [0.5, 0.6) is 5.75 Å². The number of anilines is 1. The monoisotopic (exact) mass is 349 g/mol. The lowest BCUT2D eigenvalue weighted by molar-refractivity contribution is 0.0696. The van der Waals surface area contributed by atoms with Crippen molar-refractivity contribution in [1.82, 2.24) is 0 Å². The highest BCUT2D eigenvalue weighted by Crippen LogP contribution is 2.25. The molecule has 2 aromatic carbocycles. The van der Waals surface area contributed by atoms with Crippen molar-refractivity contribution >= 4 is 33.5 Å². The van der Waals surface area contributed by atoms with E-state index in [0.29, 0.717) is 10.2 Å². The highest BCUT2D eigenvalue weighted by Gasteiger charge is 2.17. The first-order chi connectivity index (χ1) is 9.90. The molecule has 1 amide bonds. The molecule has 2 N–H and O–H groups in total. The van der Waals surface area contributed by atoms with Crippen molar-refractivity contribution in [3.63, 3.8) is 0 Å². The van der Waals surface area contributed by atoms with Gasteiger partial charge in [0.25, 0.3) is 5.91 Å². The summed E-state index contributed by atoms with van der Waals surface area (Å²) < 4.78 is 0.671. The van der Waals surface area contributed by atoms with Crippen LogP contribution in [0.3, 0.4) is 0 Å². The highest BCUT2D eigenvalue weighted by molar-refractivity contribution is 9.10. The fourth-order valence-electron chi connectivity index (χ4n) is 1.81. The maximum absolute atomic E-state index is 12.3. The van der Waals surface area contributed by atoms with Crippen molar-refractivity contribution < 1.29 is 19.8 Å². The number of hydrogen-bond donors (Lipinski definition) is 2. The van der Waals surface area contributed by atoms with Crippen molar-refractivity contribution in [3.8, 4) is 5.75 Å². The van der Waals surface area contributed by atoms with Crippen molar-refractivity contribution in [2.75, 3.05) is 11.9 Å². The lowest BCUT2D eigenvalue weighted by Gasteiger charge is -2.18. The normalized spacial score (nSPS) is 10.2. The van der Waals surface area contributed by atoms with Crippen molar-refractivity contribution in [3.05, 3.63) is 58.1 Å². The maximum Gasteiger partial charge on any atom is 0.335 e. The molecule has 2 rings (SSSR count). The topological polar surface area (TPSA) is 77.8 Å². The average Bonchev–Trinajstić information content (AvgIpc) is 2.46. The summed E-state index contributed by atoms with van der Waals surface area (Å²) in [4.78, 5) is 24.5. The zero-order chi connectivity index (χ0) is 15.6. The first kappa shape index (κ1) is 15.1. The van der Waals surface area contributed by atoms with Crippen LogP contribution in [0.15, 0.2) is 46.9 Å². The molecular formula is C15H12BrNO4. The molecule has 0 saturated carbocycles. The lowest BCUT2D eigenvalue weighted by atomic mass is 10.1. The van der Waals surface area contributed by atoms with Gasteiger partial charge in [-0.2, -0.15) is 0 Å². The SMILES string of the molecule is CN(C(=O)c1ccc(Br)cc1O)c1ccc(C(=O)O)cc1. The Morgan fingerprint density at radius 3 is 2.24 bits per heavy atom. The summed E-state index contributed by atoms with van der Waals surface area (Å²) in [6.45, 7) is 0. The Bertz CT molecular complexity index is 697. The van der Waals surface area contributed by atoms with Crippen LogP contribution in [0.1, 0.15) is 20.7 Å². The molecule has 0 aliphatic carbocycles. The van der Waals surface area contributed by atoms with Gasteiger partial charge >= 0.3 is 5.97 Å². The molecule has 0 heterocycles. The Morgan fingerprint density at radius 1 is 1.10 bits per heavy atom. The molecule has 0 unspecified atom stereocenters. The van der Waals surface area contributed by atoms with Gasteiger partial charge in [-0.1, -0.05) is 15.9 Å². The molecule has 0 radical (unpaired) electrons. The number of carbonyl (C=O) groups excluding carboxylic acids is 1. The molecular weight excluding hydrogens is 338 g/mol. The number of rotatable bonds is 3. The molecule has 0 atom stereocenters. The van der Waals surface area contributed by atoms with E-state index in [9.17, 15) is 14.7 Å². The van der Waals surface area contributed by atoms with Gasteiger partial charge in [-0.15, -0.1) is 0 Å². The summed E-state index contributed by atoms with van der Waals surface area (Å²) in [6.07, 6.45) is 0. The van der Waals surface area contributed by atoms with E-state index in [0.717, 1.165) is 0 Å². The van der Waals surface area contributed by atoms with Crippen LogP contribution in [0.25, 0.3) is 0 Å². The molecule has 0 fully saturated rings. The fourth-order valence-corrected chi connectivity index (χ4v) is 2.16. The van der Waals surface area contributed by atoms with Gasteiger partial charge in [-0.25, -0.2) is 4.79 Å². The Kier molecular flexibility index (Phi) is 4.28. The zero-order valence-electron chi connectivity index (χ0n) is 11.1. The minimum Gasteiger partial charge on any atom is -0.507 e.